The third-order valence-corrected chi connectivity index (χ3v) is 3.26. The molecule has 0 bridgehead atoms. The third-order valence-electron chi connectivity index (χ3n) is 3.26. The van der Waals surface area contributed by atoms with Gasteiger partial charge in [-0.25, -0.2) is 0 Å². The fraction of sp³-hybridized carbons (Fsp3) is 0.714. The van der Waals surface area contributed by atoms with Crippen molar-refractivity contribution in [3.05, 3.63) is 0 Å². The van der Waals surface area contributed by atoms with E-state index in [4.69, 9.17) is 5.11 Å². The lowest BCUT2D eigenvalue weighted by Crippen LogP contribution is -2.35. The van der Waals surface area contributed by atoms with Gasteiger partial charge < -0.3 is 10.4 Å². The molecule has 0 aliphatic heterocycles. The number of amides is 1. The molecule has 0 aliphatic carbocycles. The summed E-state index contributed by atoms with van der Waals surface area (Å²) in [5.74, 6) is -2.25. The Balaban J connectivity index is 4.15. The summed E-state index contributed by atoms with van der Waals surface area (Å²) in [6.45, 7) is 4.78. The highest BCUT2D eigenvalue weighted by atomic mass is 16.4. The van der Waals surface area contributed by atoms with Crippen molar-refractivity contribution in [1.29, 1.82) is 0 Å². The van der Waals surface area contributed by atoms with E-state index in [9.17, 15) is 19.2 Å². The number of carbonyl (C=O) groups excluding carboxylic acids is 3. The van der Waals surface area contributed by atoms with E-state index in [2.05, 4.69) is 5.32 Å². The summed E-state index contributed by atoms with van der Waals surface area (Å²) in [6.07, 6.45) is 0.829. The number of carboxylic acids is 1. The first-order valence-corrected chi connectivity index (χ1v) is 6.79. The van der Waals surface area contributed by atoms with E-state index in [1.54, 1.807) is 13.8 Å². The molecule has 0 aromatic rings. The van der Waals surface area contributed by atoms with E-state index in [1.165, 1.54) is 6.92 Å². The SMILES string of the molecule is CC[C@H](CCC(=O)O)C(=O)NCC(=O)C[C@@H](C)C(C)=O. The van der Waals surface area contributed by atoms with Gasteiger partial charge in [0.1, 0.15) is 5.78 Å². The predicted molar refractivity (Wildman–Crippen MR) is 73.1 cm³/mol. The third kappa shape index (κ3) is 7.66. The topological polar surface area (TPSA) is 101 Å². The molecule has 0 spiro atoms. The highest BCUT2D eigenvalue weighted by Crippen LogP contribution is 2.11. The zero-order chi connectivity index (χ0) is 15.7. The van der Waals surface area contributed by atoms with Gasteiger partial charge in [0, 0.05) is 24.7 Å². The van der Waals surface area contributed by atoms with Crippen LogP contribution in [0.5, 0.6) is 0 Å². The van der Waals surface area contributed by atoms with Crippen LogP contribution < -0.4 is 5.32 Å². The van der Waals surface area contributed by atoms with Crippen LogP contribution in [0.1, 0.15) is 46.5 Å². The molecule has 20 heavy (non-hydrogen) atoms. The van der Waals surface area contributed by atoms with Crippen molar-refractivity contribution in [2.45, 2.75) is 46.5 Å². The average molecular weight is 285 g/mol. The maximum atomic E-state index is 11.8. The van der Waals surface area contributed by atoms with E-state index in [-0.39, 0.29) is 49.2 Å². The van der Waals surface area contributed by atoms with Crippen molar-refractivity contribution in [2.24, 2.45) is 11.8 Å². The summed E-state index contributed by atoms with van der Waals surface area (Å²) < 4.78 is 0. The second-order valence-electron chi connectivity index (χ2n) is 5.01. The Morgan fingerprint density at radius 2 is 1.80 bits per heavy atom. The van der Waals surface area contributed by atoms with Crippen molar-refractivity contribution >= 4 is 23.4 Å². The van der Waals surface area contributed by atoms with Crippen LogP contribution in [-0.4, -0.2) is 35.1 Å². The molecule has 0 aromatic heterocycles. The smallest absolute Gasteiger partial charge is 0.303 e. The predicted octanol–water partition coefficient (Wildman–Crippen LogP) is 1.18. The zero-order valence-electron chi connectivity index (χ0n) is 12.3. The monoisotopic (exact) mass is 285 g/mol. The van der Waals surface area contributed by atoms with Crippen LogP contribution in [0.4, 0.5) is 0 Å². The van der Waals surface area contributed by atoms with Crippen LogP contribution in [0.15, 0.2) is 0 Å². The highest BCUT2D eigenvalue weighted by Gasteiger charge is 2.19. The van der Waals surface area contributed by atoms with E-state index < -0.39 is 11.9 Å². The molecule has 0 aliphatic rings. The van der Waals surface area contributed by atoms with Crippen molar-refractivity contribution in [3.8, 4) is 0 Å². The van der Waals surface area contributed by atoms with Crippen LogP contribution in [0.2, 0.25) is 0 Å². The Labute approximate surface area is 118 Å². The molecule has 0 aromatic carbocycles. The molecule has 2 N–H and O–H groups in total. The minimum Gasteiger partial charge on any atom is -0.481 e. The largest absolute Gasteiger partial charge is 0.481 e. The Morgan fingerprint density at radius 3 is 2.25 bits per heavy atom. The van der Waals surface area contributed by atoms with Gasteiger partial charge in [-0.05, 0) is 19.8 Å². The number of Topliss-reactive ketones (excluding diaryl/α,β-unsaturated/α-hetero) is 2. The summed E-state index contributed by atoms with van der Waals surface area (Å²) in [7, 11) is 0. The second-order valence-corrected chi connectivity index (χ2v) is 5.01. The minimum absolute atomic E-state index is 0.0578. The van der Waals surface area contributed by atoms with Crippen molar-refractivity contribution in [1.82, 2.24) is 5.32 Å². The molecule has 6 heteroatoms. The molecular formula is C14H23NO5. The number of carboxylic acid groups (broad SMARTS) is 1. The summed E-state index contributed by atoms with van der Waals surface area (Å²) in [5, 5.41) is 11.1. The molecule has 0 fully saturated rings. The van der Waals surface area contributed by atoms with Crippen LogP contribution in [-0.2, 0) is 19.2 Å². The number of rotatable bonds is 10. The van der Waals surface area contributed by atoms with Gasteiger partial charge in [0.25, 0.3) is 0 Å². The molecule has 2 atom stereocenters. The van der Waals surface area contributed by atoms with Crippen LogP contribution in [0, 0.1) is 11.8 Å². The van der Waals surface area contributed by atoms with Crippen molar-refractivity contribution < 1.29 is 24.3 Å². The average Bonchev–Trinajstić information content (AvgIpc) is 2.36. The van der Waals surface area contributed by atoms with Gasteiger partial charge in [0.2, 0.25) is 5.91 Å². The number of ketones is 2. The van der Waals surface area contributed by atoms with Crippen LogP contribution in [0.25, 0.3) is 0 Å². The lowest BCUT2D eigenvalue weighted by Gasteiger charge is -2.14. The second kappa shape index (κ2) is 9.23. The van der Waals surface area contributed by atoms with Crippen LogP contribution in [0.3, 0.4) is 0 Å². The summed E-state index contributed by atoms with van der Waals surface area (Å²) in [6, 6.07) is 0. The van der Waals surface area contributed by atoms with Gasteiger partial charge in [-0.1, -0.05) is 13.8 Å². The number of nitrogens with one attached hydrogen (secondary N) is 1. The van der Waals surface area contributed by atoms with E-state index in [1.807, 2.05) is 0 Å². The summed E-state index contributed by atoms with van der Waals surface area (Å²) in [5.41, 5.74) is 0. The highest BCUT2D eigenvalue weighted by molar-refractivity contribution is 5.90. The van der Waals surface area contributed by atoms with Gasteiger partial charge in [-0.15, -0.1) is 0 Å². The molecule has 114 valence electrons. The Hall–Kier alpha value is -1.72. The van der Waals surface area contributed by atoms with Gasteiger partial charge in [-0.3, -0.25) is 19.2 Å². The molecular weight excluding hydrogens is 262 g/mol. The van der Waals surface area contributed by atoms with Crippen LogP contribution >= 0.6 is 0 Å². The Bertz CT molecular complexity index is 378. The van der Waals surface area contributed by atoms with Gasteiger partial charge in [0.15, 0.2) is 5.78 Å². The maximum Gasteiger partial charge on any atom is 0.303 e. The van der Waals surface area contributed by atoms with Gasteiger partial charge in [0.05, 0.1) is 6.54 Å². The number of hydrogen-bond acceptors (Lipinski definition) is 4. The normalized spacial score (nSPS) is 13.3. The van der Waals surface area contributed by atoms with Crippen molar-refractivity contribution in [3.63, 3.8) is 0 Å². The lowest BCUT2D eigenvalue weighted by atomic mass is 9.98. The fourth-order valence-corrected chi connectivity index (χ4v) is 1.71. The standard InChI is InChI=1S/C14H23NO5/c1-4-11(5-6-13(18)19)14(20)15-8-12(17)7-9(2)10(3)16/h9,11H,4-8H2,1-3H3,(H,15,20)(H,18,19)/t9-,11-/m1/s1. The molecule has 0 saturated carbocycles. The van der Waals surface area contributed by atoms with E-state index in [0.717, 1.165) is 0 Å². The summed E-state index contributed by atoms with van der Waals surface area (Å²) >= 11 is 0. The van der Waals surface area contributed by atoms with Crippen molar-refractivity contribution in [2.75, 3.05) is 6.54 Å². The Kier molecular flexibility index (Phi) is 8.43. The molecule has 0 saturated heterocycles. The maximum absolute atomic E-state index is 11.8. The molecule has 0 unspecified atom stereocenters. The number of aliphatic carboxylic acids is 1. The minimum atomic E-state index is -0.942. The number of hydrogen-bond donors (Lipinski definition) is 2. The molecule has 0 heterocycles. The van der Waals surface area contributed by atoms with E-state index >= 15 is 0 Å². The lowest BCUT2D eigenvalue weighted by molar-refractivity contribution is -0.137. The molecule has 0 radical (unpaired) electrons. The fourth-order valence-electron chi connectivity index (χ4n) is 1.71. The molecule has 6 nitrogen and oxygen atoms in total. The van der Waals surface area contributed by atoms with Gasteiger partial charge >= 0.3 is 5.97 Å². The zero-order valence-corrected chi connectivity index (χ0v) is 12.3. The number of carbonyl (C=O) groups is 4. The molecule has 1 amide bonds. The first-order valence-electron chi connectivity index (χ1n) is 6.79. The first-order chi connectivity index (χ1) is 9.27. The quantitative estimate of drug-likeness (QED) is 0.627. The first kappa shape index (κ1) is 18.3. The summed E-state index contributed by atoms with van der Waals surface area (Å²) in [4.78, 5) is 44.9. The Morgan fingerprint density at radius 1 is 1.20 bits per heavy atom. The molecule has 0 rings (SSSR count). The van der Waals surface area contributed by atoms with E-state index in [0.29, 0.717) is 6.42 Å². The van der Waals surface area contributed by atoms with Gasteiger partial charge in [-0.2, -0.15) is 0 Å².